The van der Waals surface area contributed by atoms with Gasteiger partial charge in [0.2, 0.25) is 0 Å². The van der Waals surface area contributed by atoms with Gasteiger partial charge in [-0.25, -0.2) is 0 Å². The van der Waals surface area contributed by atoms with Crippen LogP contribution in [0.5, 0.6) is 0 Å². The van der Waals surface area contributed by atoms with Gasteiger partial charge in [-0.1, -0.05) is 68.8 Å². The average molecular weight is 353 g/mol. The summed E-state index contributed by atoms with van der Waals surface area (Å²) < 4.78 is 5.18. The number of benzene rings is 2. The molecule has 2 atom stereocenters. The Bertz CT molecular complexity index is 743. The molecule has 1 N–H and O–H groups in total. The van der Waals surface area contributed by atoms with Crippen molar-refractivity contribution in [1.29, 1.82) is 0 Å². The number of amides is 2. The maximum atomic E-state index is 12.5. The highest BCUT2D eigenvalue weighted by molar-refractivity contribution is 6.05. The van der Waals surface area contributed by atoms with Gasteiger partial charge in [0.15, 0.2) is 6.61 Å². The first kappa shape index (κ1) is 19.4. The maximum absolute atomic E-state index is 12.5. The van der Waals surface area contributed by atoms with E-state index >= 15 is 0 Å². The standard InChI is InChI=1S/C21H23NO4/c1-3-15(2)19(16-10-6-4-7-11-16)21(25)26-14-18(23)22-20(24)17-12-8-5-9-13-17/h4-13,15,19H,3,14H2,1-2H3,(H,22,23,24)/t15-,19+/m0/s1. The van der Waals surface area contributed by atoms with Gasteiger partial charge in [-0.15, -0.1) is 0 Å². The minimum Gasteiger partial charge on any atom is -0.455 e. The SMILES string of the molecule is CC[C@H](C)[C@@H](C(=O)OCC(=O)NC(=O)c1ccccc1)c1ccccc1. The van der Waals surface area contributed by atoms with E-state index in [1.807, 2.05) is 44.2 Å². The van der Waals surface area contributed by atoms with Crippen molar-refractivity contribution >= 4 is 17.8 Å². The first-order chi connectivity index (χ1) is 12.5. The fourth-order valence-corrected chi connectivity index (χ4v) is 2.64. The second-order valence-corrected chi connectivity index (χ2v) is 6.12. The van der Waals surface area contributed by atoms with Crippen molar-refractivity contribution in [2.24, 2.45) is 5.92 Å². The topological polar surface area (TPSA) is 72.5 Å². The summed E-state index contributed by atoms with van der Waals surface area (Å²) in [4.78, 5) is 36.4. The summed E-state index contributed by atoms with van der Waals surface area (Å²) in [5, 5.41) is 2.22. The molecule has 2 aromatic rings. The van der Waals surface area contributed by atoms with Crippen LogP contribution in [0.25, 0.3) is 0 Å². The van der Waals surface area contributed by atoms with Crippen LogP contribution in [0.15, 0.2) is 60.7 Å². The summed E-state index contributed by atoms with van der Waals surface area (Å²) >= 11 is 0. The molecular weight excluding hydrogens is 330 g/mol. The predicted molar refractivity (Wildman–Crippen MR) is 98.5 cm³/mol. The number of ether oxygens (including phenoxy) is 1. The van der Waals surface area contributed by atoms with E-state index in [9.17, 15) is 14.4 Å². The maximum Gasteiger partial charge on any atom is 0.314 e. The molecule has 5 heteroatoms. The van der Waals surface area contributed by atoms with E-state index in [2.05, 4.69) is 5.32 Å². The highest BCUT2D eigenvalue weighted by Crippen LogP contribution is 2.28. The lowest BCUT2D eigenvalue weighted by Crippen LogP contribution is -2.35. The van der Waals surface area contributed by atoms with Gasteiger partial charge >= 0.3 is 5.97 Å². The van der Waals surface area contributed by atoms with Crippen LogP contribution in [-0.4, -0.2) is 24.4 Å². The van der Waals surface area contributed by atoms with Crippen molar-refractivity contribution in [1.82, 2.24) is 5.32 Å². The number of hydrogen-bond donors (Lipinski definition) is 1. The normalized spacial score (nSPS) is 12.7. The van der Waals surface area contributed by atoms with E-state index in [-0.39, 0.29) is 5.92 Å². The summed E-state index contributed by atoms with van der Waals surface area (Å²) in [5.41, 5.74) is 1.22. The van der Waals surface area contributed by atoms with Crippen LogP contribution in [0.3, 0.4) is 0 Å². The van der Waals surface area contributed by atoms with Crippen LogP contribution < -0.4 is 5.32 Å². The van der Waals surface area contributed by atoms with Gasteiger partial charge in [-0.2, -0.15) is 0 Å². The Kier molecular flexibility index (Phi) is 7.09. The Morgan fingerprint density at radius 2 is 1.54 bits per heavy atom. The van der Waals surface area contributed by atoms with E-state index < -0.39 is 30.3 Å². The second kappa shape index (κ2) is 9.51. The molecular formula is C21H23NO4. The molecule has 0 heterocycles. The number of rotatable bonds is 7. The Labute approximate surface area is 153 Å². The molecule has 136 valence electrons. The monoisotopic (exact) mass is 353 g/mol. The lowest BCUT2D eigenvalue weighted by Gasteiger charge is -2.21. The number of carbonyl (C=O) groups is 3. The Balaban J connectivity index is 1.95. The van der Waals surface area contributed by atoms with E-state index in [0.717, 1.165) is 12.0 Å². The van der Waals surface area contributed by atoms with Crippen LogP contribution in [0, 0.1) is 5.92 Å². The molecule has 0 unspecified atom stereocenters. The molecule has 0 bridgehead atoms. The lowest BCUT2D eigenvalue weighted by atomic mass is 9.86. The molecule has 0 saturated heterocycles. The third-order valence-electron chi connectivity index (χ3n) is 4.26. The molecule has 2 rings (SSSR count). The number of hydrogen-bond acceptors (Lipinski definition) is 4. The van der Waals surface area contributed by atoms with Gasteiger partial charge in [0.1, 0.15) is 0 Å². The fraction of sp³-hybridized carbons (Fsp3) is 0.286. The molecule has 2 aromatic carbocycles. The Hall–Kier alpha value is -2.95. The average Bonchev–Trinajstić information content (AvgIpc) is 2.68. The largest absolute Gasteiger partial charge is 0.455 e. The van der Waals surface area contributed by atoms with Crippen LogP contribution in [0.4, 0.5) is 0 Å². The van der Waals surface area contributed by atoms with Gasteiger partial charge in [0.25, 0.3) is 11.8 Å². The Morgan fingerprint density at radius 3 is 2.12 bits per heavy atom. The van der Waals surface area contributed by atoms with Crippen LogP contribution in [-0.2, 0) is 14.3 Å². The van der Waals surface area contributed by atoms with E-state index in [4.69, 9.17) is 4.74 Å². The third kappa shape index (κ3) is 5.28. The van der Waals surface area contributed by atoms with Crippen molar-refractivity contribution in [3.05, 3.63) is 71.8 Å². The van der Waals surface area contributed by atoms with Gasteiger partial charge in [0, 0.05) is 5.56 Å². The van der Waals surface area contributed by atoms with E-state index in [0.29, 0.717) is 5.56 Å². The van der Waals surface area contributed by atoms with Crippen LogP contribution in [0.2, 0.25) is 0 Å². The highest BCUT2D eigenvalue weighted by Gasteiger charge is 2.28. The molecule has 0 fully saturated rings. The first-order valence-corrected chi connectivity index (χ1v) is 8.63. The third-order valence-corrected chi connectivity index (χ3v) is 4.26. The van der Waals surface area contributed by atoms with Crippen molar-refractivity contribution in [3.8, 4) is 0 Å². The van der Waals surface area contributed by atoms with E-state index in [1.165, 1.54) is 0 Å². The predicted octanol–water partition coefficient (Wildman–Crippen LogP) is 3.32. The first-order valence-electron chi connectivity index (χ1n) is 8.63. The molecule has 0 aliphatic rings. The molecule has 5 nitrogen and oxygen atoms in total. The second-order valence-electron chi connectivity index (χ2n) is 6.12. The molecule has 2 amide bonds. The summed E-state index contributed by atoms with van der Waals surface area (Å²) in [6.45, 7) is 3.48. The minimum absolute atomic E-state index is 0.0684. The van der Waals surface area contributed by atoms with Gasteiger partial charge in [0.05, 0.1) is 5.92 Å². The number of nitrogens with one attached hydrogen (secondary N) is 1. The molecule has 0 radical (unpaired) electrons. The van der Waals surface area contributed by atoms with Crippen LogP contribution in [0.1, 0.15) is 42.1 Å². The summed E-state index contributed by atoms with van der Waals surface area (Å²) in [6.07, 6.45) is 0.799. The molecule has 0 aliphatic heterocycles. The molecule has 0 spiro atoms. The molecule has 0 aliphatic carbocycles. The van der Waals surface area contributed by atoms with Crippen molar-refractivity contribution in [2.45, 2.75) is 26.2 Å². The van der Waals surface area contributed by atoms with Gasteiger partial charge < -0.3 is 4.74 Å². The Morgan fingerprint density at radius 1 is 0.962 bits per heavy atom. The molecule has 0 saturated carbocycles. The smallest absolute Gasteiger partial charge is 0.314 e. The highest BCUT2D eigenvalue weighted by atomic mass is 16.5. The number of carbonyl (C=O) groups excluding carboxylic acids is 3. The summed E-state index contributed by atoms with van der Waals surface area (Å²) in [6, 6.07) is 17.7. The fourth-order valence-electron chi connectivity index (χ4n) is 2.64. The number of imide groups is 1. The van der Waals surface area contributed by atoms with Crippen molar-refractivity contribution in [3.63, 3.8) is 0 Å². The van der Waals surface area contributed by atoms with Gasteiger partial charge in [-0.05, 0) is 23.6 Å². The van der Waals surface area contributed by atoms with Crippen molar-refractivity contribution < 1.29 is 19.1 Å². The number of esters is 1. The van der Waals surface area contributed by atoms with E-state index in [1.54, 1.807) is 30.3 Å². The minimum atomic E-state index is -0.650. The summed E-state index contributed by atoms with van der Waals surface area (Å²) in [5.74, 6) is -2.01. The van der Waals surface area contributed by atoms with Crippen molar-refractivity contribution in [2.75, 3.05) is 6.61 Å². The zero-order valence-corrected chi connectivity index (χ0v) is 15.0. The zero-order valence-electron chi connectivity index (χ0n) is 15.0. The molecule has 0 aromatic heterocycles. The summed E-state index contributed by atoms with van der Waals surface area (Å²) in [7, 11) is 0. The van der Waals surface area contributed by atoms with Gasteiger partial charge in [-0.3, -0.25) is 19.7 Å². The van der Waals surface area contributed by atoms with Crippen LogP contribution >= 0.6 is 0 Å². The quantitative estimate of drug-likeness (QED) is 0.775. The lowest BCUT2D eigenvalue weighted by molar-refractivity contribution is -0.151. The molecule has 26 heavy (non-hydrogen) atoms. The zero-order chi connectivity index (χ0) is 18.9.